The van der Waals surface area contributed by atoms with Gasteiger partial charge in [0, 0.05) is 26.1 Å². The number of hydrogen-bond donors (Lipinski definition) is 1. The highest BCUT2D eigenvalue weighted by Crippen LogP contribution is 2.43. The SMILES string of the molecule is C[C@H]1CNC(=O)CC12CCN(C(=O)OC(C)(C)C)CC2. The molecule has 0 aromatic carbocycles. The van der Waals surface area contributed by atoms with Gasteiger partial charge in [-0.3, -0.25) is 4.79 Å². The summed E-state index contributed by atoms with van der Waals surface area (Å²) in [4.78, 5) is 25.5. The summed E-state index contributed by atoms with van der Waals surface area (Å²) in [6, 6.07) is 0. The third kappa shape index (κ3) is 3.25. The Balaban J connectivity index is 1.94. The first-order valence-corrected chi connectivity index (χ1v) is 7.46. The highest BCUT2D eigenvalue weighted by Gasteiger charge is 2.44. The number of likely N-dealkylation sites (tertiary alicyclic amines) is 1. The van der Waals surface area contributed by atoms with E-state index in [4.69, 9.17) is 4.74 Å². The molecule has 5 heteroatoms. The minimum atomic E-state index is -0.454. The largest absolute Gasteiger partial charge is 0.444 e. The number of nitrogens with one attached hydrogen (secondary N) is 1. The number of carbonyl (C=O) groups is 2. The summed E-state index contributed by atoms with van der Waals surface area (Å²) in [5.74, 6) is 0.620. The third-order valence-corrected chi connectivity index (χ3v) is 4.57. The molecule has 0 aromatic rings. The molecule has 5 nitrogen and oxygen atoms in total. The van der Waals surface area contributed by atoms with Crippen molar-refractivity contribution in [1.29, 1.82) is 0 Å². The van der Waals surface area contributed by atoms with Gasteiger partial charge in [0.2, 0.25) is 5.91 Å². The standard InChI is InChI=1S/C15H26N2O3/c1-11-10-16-12(18)9-15(11)5-7-17(8-6-15)13(19)20-14(2,3)4/h11H,5-10H2,1-4H3,(H,16,18)/t11-/m0/s1. The Bertz CT molecular complexity index is 392. The van der Waals surface area contributed by atoms with Gasteiger partial charge < -0.3 is 15.0 Å². The molecule has 0 unspecified atom stereocenters. The van der Waals surface area contributed by atoms with Crippen LogP contribution >= 0.6 is 0 Å². The molecule has 0 aliphatic carbocycles. The summed E-state index contributed by atoms with van der Waals surface area (Å²) in [6.45, 7) is 9.96. The number of hydrogen-bond acceptors (Lipinski definition) is 3. The van der Waals surface area contributed by atoms with Crippen LogP contribution < -0.4 is 5.32 Å². The van der Waals surface area contributed by atoms with E-state index in [1.165, 1.54) is 0 Å². The van der Waals surface area contributed by atoms with E-state index in [1.54, 1.807) is 4.90 Å². The van der Waals surface area contributed by atoms with Crippen LogP contribution in [0.2, 0.25) is 0 Å². The van der Waals surface area contributed by atoms with Crippen molar-refractivity contribution < 1.29 is 14.3 Å². The molecule has 114 valence electrons. The molecule has 0 bridgehead atoms. The van der Waals surface area contributed by atoms with Crippen LogP contribution in [0.4, 0.5) is 4.79 Å². The second-order valence-corrected chi connectivity index (χ2v) is 7.21. The van der Waals surface area contributed by atoms with Crippen LogP contribution in [0.15, 0.2) is 0 Å². The summed E-state index contributed by atoms with van der Waals surface area (Å²) in [5.41, 5.74) is -0.384. The van der Waals surface area contributed by atoms with E-state index in [9.17, 15) is 9.59 Å². The van der Waals surface area contributed by atoms with E-state index >= 15 is 0 Å². The van der Waals surface area contributed by atoms with Crippen molar-refractivity contribution in [1.82, 2.24) is 10.2 Å². The van der Waals surface area contributed by atoms with Gasteiger partial charge in [-0.25, -0.2) is 4.79 Å². The van der Waals surface area contributed by atoms with Gasteiger partial charge >= 0.3 is 6.09 Å². The molecule has 0 radical (unpaired) electrons. The molecular formula is C15H26N2O3. The zero-order valence-electron chi connectivity index (χ0n) is 13.0. The van der Waals surface area contributed by atoms with Crippen molar-refractivity contribution in [2.75, 3.05) is 19.6 Å². The Morgan fingerprint density at radius 1 is 1.35 bits per heavy atom. The molecule has 2 aliphatic heterocycles. The van der Waals surface area contributed by atoms with Gasteiger partial charge in [0.1, 0.15) is 5.60 Å². The summed E-state index contributed by atoms with van der Waals surface area (Å²) < 4.78 is 5.41. The summed E-state index contributed by atoms with van der Waals surface area (Å²) in [5, 5.41) is 2.92. The Morgan fingerprint density at radius 3 is 2.50 bits per heavy atom. The Hall–Kier alpha value is -1.26. The van der Waals surface area contributed by atoms with Gasteiger partial charge in [-0.05, 0) is 44.9 Å². The first-order chi connectivity index (χ1) is 9.22. The molecule has 2 rings (SSSR count). The van der Waals surface area contributed by atoms with E-state index in [-0.39, 0.29) is 17.4 Å². The maximum absolute atomic E-state index is 12.1. The van der Waals surface area contributed by atoms with Crippen LogP contribution in [0.5, 0.6) is 0 Å². The molecule has 2 saturated heterocycles. The van der Waals surface area contributed by atoms with Crippen molar-refractivity contribution >= 4 is 12.0 Å². The van der Waals surface area contributed by atoms with E-state index in [0.717, 1.165) is 19.4 Å². The predicted molar refractivity (Wildman–Crippen MR) is 76.3 cm³/mol. The van der Waals surface area contributed by atoms with E-state index in [2.05, 4.69) is 12.2 Å². The average molecular weight is 282 g/mol. The van der Waals surface area contributed by atoms with Gasteiger partial charge in [0.25, 0.3) is 0 Å². The molecule has 2 heterocycles. The van der Waals surface area contributed by atoms with Crippen LogP contribution in [0.3, 0.4) is 0 Å². The number of carbonyl (C=O) groups excluding carboxylic acids is 2. The lowest BCUT2D eigenvalue weighted by atomic mass is 9.65. The molecular weight excluding hydrogens is 256 g/mol. The lowest BCUT2D eigenvalue weighted by molar-refractivity contribution is -0.129. The highest BCUT2D eigenvalue weighted by atomic mass is 16.6. The summed E-state index contributed by atoms with van der Waals surface area (Å²) in [6.07, 6.45) is 2.14. The monoisotopic (exact) mass is 282 g/mol. The topological polar surface area (TPSA) is 58.6 Å². The van der Waals surface area contributed by atoms with E-state index < -0.39 is 5.60 Å². The first-order valence-electron chi connectivity index (χ1n) is 7.46. The number of amides is 2. The van der Waals surface area contributed by atoms with Crippen molar-refractivity contribution in [3.05, 3.63) is 0 Å². The van der Waals surface area contributed by atoms with Crippen molar-refractivity contribution in [3.8, 4) is 0 Å². The van der Waals surface area contributed by atoms with Gasteiger partial charge in [0.15, 0.2) is 0 Å². The predicted octanol–water partition coefficient (Wildman–Crippen LogP) is 2.16. The molecule has 0 aromatic heterocycles. The molecule has 2 aliphatic rings. The van der Waals surface area contributed by atoms with E-state index in [0.29, 0.717) is 25.4 Å². The Kier molecular flexibility index (Phi) is 3.98. The fourth-order valence-electron chi connectivity index (χ4n) is 3.17. The smallest absolute Gasteiger partial charge is 0.410 e. The number of rotatable bonds is 0. The van der Waals surface area contributed by atoms with Crippen molar-refractivity contribution in [3.63, 3.8) is 0 Å². The summed E-state index contributed by atoms with van der Waals surface area (Å²) >= 11 is 0. The summed E-state index contributed by atoms with van der Waals surface area (Å²) in [7, 11) is 0. The van der Waals surface area contributed by atoms with Crippen LogP contribution in [-0.2, 0) is 9.53 Å². The number of ether oxygens (including phenoxy) is 1. The zero-order chi connectivity index (χ0) is 15.0. The quantitative estimate of drug-likeness (QED) is 0.740. The van der Waals surface area contributed by atoms with E-state index in [1.807, 2.05) is 20.8 Å². The van der Waals surface area contributed by atoms with Crippen molar-refractivity contribution in [2.45, 2.75) is 52.6 Å². The molecule has 1 atom stereocenters. The second-order valence-electron chi connectivity index (χ2n) is 7.21. The molecule has 1 N–H and O–H groups in total. The maximum Gasteiger partial charge on any atom is 0.410 e. The molecule has 1 spiro atoms. The molecule has 0 saturated carbocycles. The fourth-order valence-corrected chi connectivity index (χ4v) is 3.17. The Labute approximate surface area is 121 Å². The fraction of sp³-hybridized carbons (Fsp3) is 0.867. The normalized spacial score (nSPS) is 26.3. The van der Waals surface area contributed by atoms with Crippen LogP contribution in [0.25, 0.3) is 0 Å². The Morgan fingerprint density at radius 2 is 1.95 bits per heavy atom. The number of piperidine rings is 2. The van der Waals surface area contributed by atoms with Crippen LogP contribution in [0.1, 0.15) is 47.0 Å². The second kappa shape index (κ2) is 5.26. The first kappa shape index (κ1) is 15.1. The van der Waals surface area contributed by atoms with Crippen LogP contribution in [-0.4, -0.2) is 42.1 Å². The van der Waals surface area contributed by atoms with Crippen molar-refractivity contribution in [2.24, 2.45) is 11.3 Å². The van der Waals surface area contributed by atoms with Crippen LogP contribution in [0, 0.1) is 11.3 Å². The van der Waals surface area contributed by atoms with Gasteiger partial charge in [-0.2, -0.15) is 0 Å². The average Bonchev–Trinajstić information content (AvgIpc) is 2.33. The minimum absolute atomic E-state index is 0.0703. The minimum Gasteiger partial charge on any atom is -0.444 e. The van der Waals surface area contributed by atoms with Gasteiger partial charge in [-0.1, -0.05) is 6.92 Å². The number of nitrogens with zero attached hydrogens (tertiary/aromatic N) is 1. The lowest BCUT2D eigenvalue weighted by Crippen LogP contribution is -2.53. The highest BCUT2D eigenvalue weighted by molar-refractivity contribution is 5.77. The molecule has 2 amide bonds. The molecule has 2 fully saturated rings. The van der Waals surface area contributed by atoms with Gasteiger partial charge in [-0.15, -0.1) is 0 Å². The maximum atomic E-state index is 12.1. The van der Waals surface area contributed by atoms with Gasteiger partial charge in [0.05, 0.1) is 0 Å². The lowest BCUT2D eigenvalue weighted by Gasteiger charge is -2.47. The zero-order valence-corrected chi connectivity index (χ0v) is 13.0. The molecule has 20 heavy (non-hydrogen) atoms. The third-order valence-electron chi connectivity index (χ3n) is 4.57.